The van der Waals surface area contributed by atoms with Crippen LogP contribution in [0.5, 0.6) is 0 Å². The Morgan fingerprint density at radius 1 is 1.26 bits per heavy atom. The number of aliphatic hydroxyl groups is 2. The minimum absolute atomic E-state index is 0.0855. The molecule has 7 atom stereocenters. The molecule has 1 aromatic heterocycles. The van der Waals surface area contributed by atoms with Crippen molar-refractivity contribution in [3.63, 3.8) is 0 Å². The van der Waals surface area contributed by atoms with Crippen molar-refractivity contribution in [1.29, 1.82) is 0 Å². The SMILES string of the molecule is CC(=Cc1csc(C)n1)[C@@H]1C[C@@H]2O[C@]2(C)CCN[C@@H](C)[C@@H](O)[C@@H](C)C(=O)C(C)(C)[C@@H](O)CC(=O)O1. The Hall–Kier alpha value is -1.65. The molecule has 2 aliphatic heterocycles. The molecule has 196 valence electrons. The van der Waals surface area contributed by atoms with E-state index in [2.05, 4.69) is 10.3 Å². The van der Waals surface area contributed by atoms with E-state index in [1.54, 1.807) is 32.1 Å². The highest BCUT2D eigenvalue weighted by Gasteiger charge is 2.53. The van der Waals surface area contributed by atoms with E-state index in [9.17, 15) is 19.8 Å². The van der Waals surface area contributed by atoms with Gasteiger partial charge in [-0.25, -0.2) is 4.98 Å². The third-order valence-corrected chi connectivity index (χ3v) is 8.40. The van der Waals surface area contributed by atoms with E-state index in [-0.39, 0.29) is 30.0 Å². The van der Waals surface area contributed by atoms with Gasteiger partial charge in [0.05, 0.1) is 46.5 Å². The Balaban J connectivity index is 1.85. The molecule has 0 unspecified atom stereocenters. The van der Waals surface area contributed by atoms with E-state index < -0.39 is 35.6 Å². The van der Waals surface area contributed by atoms with Crippen molar-refractivity contribution in [3.8, 4) is 0 Å². The van der Waals surface area contributed by atoms with Gasteiger partial charge in [0.25, 0.3) is 0 Å². The molecule has 3 heterocycles. The molecule has 0 saturated carbocycles. The number of ether oxygens (including phenoxy) is 2. The number of Topliss-reactive ketones (excluding diaryl/α,β-unsaturated/α-hetero) is 1. The van der Waals surface area contributed by atoms with Crippen LogP contribution in [0.25, 0.3) is 6.08 Å². The Morgan fingerprint density at radius 2 is 1.94 bits per heavy atom. The highest BCUT2D eigenvalue weighted by molar-refractivity contribution is 7.09. The number of rotatable bonds is 2. The van der Waals surface area contributed by atoms with Crippen LogP contribution in [-0.2, 0) is 19.1 Å². The number of nitrogens with zero attached hydrogens (tertiary/aromatic N) is 1. The Bertz CT molecular complexity index is 959. The monoisotopic (exact) mass is 508 g/mol. The van der Waals surface area contributed by atoms with Gasteiger partial charge in [-0.05, 0) is 52.3 Å². The van der Waals surface area contributed by atoms with Crippen molar-refractivity contribution in [3.05, 3.63) is 21.7 Å². The number of aliphatic hydroxyl groups excluding tert-OH is 2. The number of hydrogen-bond donors (Lipinski definition) is 3. The summed E-state index contributed by atoms with van der Waals surface area (Å²) in [5.41, 5.74) is 0.0632. The average molecular weight is 509 g/mol. The van der Waals surface area contributed by atoms with Crippen molar-refractivity contribution in [1.82, 2.24) is 10.3 Å². The molecule has 0 amide bonds. The maximum Gasteiger partial charge on any atom is 0.309 e. The van der Waals surface area contributed by atoms with Gasteiger partial charge in [-0.1, -0.05) is 20.8 Å². The molecule has 8 nitrogen and oxygen atoms in total. The molecule has 1 aromatic rings. The number of carbonyl (C=O) groups is 2. The molecule has 0 bridgehead atoms. The number of esters is 1. The zero-order valence-electron chi connectivity index (χ0n) is 21.8. The molecule has 9 heteroatoms. The van der Waals surface area contributed by atoms with Gasteiger partial charge < -0.3 is 25.0 Å². The van der Waals surface area contributed by atoms with Gasteiger partial charge in [0.1, 0.15) is 11.9 Å². The molecule has 2 saturated heterocycles. The summed E-state index contributed by atoms with van der Waals surface area (Å²) in [4.78, 5) is 30.6. The standard InChI is InChI=1S/C26H40N2O6S/c1-14(10-18-13-35-17(4)28-18)19-11-21-26(7,34-21)8-9-27-16(3)23(31)15(2)24(32)25(5,6)20(29)12-22(30)33-19/h10,13,15-16,19-21,23,27,29,31H,8-9,11-12H2,1-7H3/t15-,16+,19+,20+,21+,23+,26-/m1/s1. The maximum absolute atomic E-state index is 13.2. The van der Waals surface area contributed by atoms with Crippen LogP contribution in [0, 0.1) is 18.3 Å². The van der Waals surface area contributed by atoms with E-state index in [1.165, 1.54) is 0 Å². The molecular weight excluding hydrogens is 468 g/mol. The summed E-state index contributed by atoms with van der Waals surface area (Å²) in [5, 5.41) is 27.8. The van der Waals surface area contributed by atoms with Crippen LogP contribution in [0.2, 0.25) is 0 Å². The summed E-state index contributed by atoms with van der Waals surface area (Å²) in [6.45, 7) is 13.2. The van der Waals surface area contributed by atoms with Crippen molar-refractivity contribution in [2.24, 2.45) is 11.3 Å². The number of fused-ring (bicyclic) bond motifs is 1. The highest BCUT2D eigenvalue weighted by atomic mass is 32.1. The van der Waals surface area contributed by atoms with Crippen LogP contribution in [0.3, 0.4) is 0 Å². The zero-order valence-corrected chi connectivity index (χ0v) is 22.6. The Labute approximate surface area is 212 Å². The minimum atomic E-state index is -1.25. The number of cyclic esters (lactones) is 1. The summed E-state index contributed by atoms with van der Waals surface area (Å²) in [6, 6.07) is -0.319. The Morgan fingerprint density at radius 3 is 2.57 bits per heavy atom. The van der Waals surface area contributed by atoms with Crippen molar-refractivity contribution < 1.29 is 29.3 Å². The quantitative estimate of drug-likeness (QED) is 0.412. The lowest BCUT2D eigenvalue weighted by atomic mass is 9.74. The number of nitrogens with one attached hydrogen (secondary N) is 1. The first kappa shape index (κ1) is 27.9. The van der Waals surface area contributed by atoms with E-state index in [0.717, 1.165) is 22.7 Å². The van der Waals surface area contributed by atoms with E-state index >= 15 is 0 Å². The fourth-order valence-corrected chi connectivity index (χ4v) is 5.30. The number of aromatic nitrogens is 1. The smallest absolute Gasteiger partial charge is 0.309 e. The maximum atomic E-state index is 13.2. The number of ketones is 1. The molecule has 0 aliphatic carbocycles. The molecule has 0 spiro atoms. The van der Waals surface area contributed by atoms with Crippen molar-refractivity contribution >= 4 is 29.2 Å². The lowest BCUT2D eigenvalue weighted by Gasteiger charge is -2.34. The van der Waals surface area contributed by atoms with Crippen molar-refractivity contribution in [2.75, 3.05) is 6.54 Å². The summed E-state index contributed by atoms with van der Waals surface area (Å²) >= 11 is 1.55. The van der Waals surface area contributed by atoms with E-state index in [4.69, 9.17) is 9.47 Å². The molecule has 3 rings (SSSR count). The first-order chi connectivity index (χ1) is 16.2. The highest BCUT2D eigenvalue weighted by Crippen LogP contribution is 2.43. The van der Waals surface area contributed by atoms with Gasteiger partial charge in [0, 0.05) is 23.8 Å². The largest absolute Gasteiger partial charge is 0.458 e. The summed E-state index contributed by atoms with van der Waals surface area (Å²) in [7, 11) is 0. The van der Waals surface area contributed by atoms with Gasteiger partial charge in [-0.2, -0.15) is 0 Å². The number of epoxide rings is 1. The first-order valence-electron chi connectivity index (χ1n) is 12.4. The fourth-order valence-electron chi connectivity index (χ4n) is 4.73. The van der Waals surface area contributed by atoms with Crippen LogP contribution in [-0.4, -0.2) is 69.6 Å². The van der Waals surface area contributed by atoms with Gasteiger partial charge in [-0.15, -0.1) is 11.3 Å². The van der Waals surface area contributed by atoms with Crippen LogP contribution >= 0.6 is 11.3 Å². The van der Waals surface area contributed by atoms with Crippen LogP contribution in [0.1, 0.15) is 71.5 Å². The normalized spacial score (nSPS) is 37.5. The second kappa shape index (κ2) is 10.8. The van der Waals surface area contributed by atoms with Gasteiger partial charge >= 0.3 is 5.97 Å². The van der Waals surface area contributed by atoms with E-state index in [0.29, 0.717) is 13.0 Å². The van der Waals surface area contributed by atoms with Crippen LogP contribution in [0.4, 0.5) is 0 Å². The van der Waals surface area contributed by atoms with E-state index in [1.807, 2.05) is 39.2 Å². The molecule has 0 radical (unpaired) electrons. The average Bonchev–Trinajstić information content (AvgIpc) is 3.22. The van der Waals surface area contributed by atoms with Gasteiger partial charge in [-0.3, -0.25) is 9.59 Å². The third-order valence-electron chi connectivity index (χ3n) is 7.61. The first-order valence-corrected chi connectivity index (χ1v) is 13.2. The fraction of sp³-hybridized carbons (Fsp3) is 0.731. The van der Waals surface area contributed by atoms with Gasteiger partial charge in [0.15, 0.2) is 0 Å². The second-order valence-corrected chi connectivity index (χ2v) is 12.0. The molecular formula is C26H40N2O6S. The summed E-state index contributed by atoms with van der Waals surface area (Å²) in [6.07, 6.45) is -0.00321. The predicted octanol–water partition coefficient (Wildman–Crippen LogP) is 3.04. The Kier molecular flexibility index (Phi) is 8.59. The van der Waals surface area contributed by atoms with Crippen LogP contribution in [0.15, 0.2) is 11.0 Å². The lowest BCUT2D eigenvalue weighted by Crippen LogP contribution is -2.49. The zero-order chi connectivity index (χ0) is 26.1. The molecule has 2 fully saturated rings. The van der Waals surface area contributed by atoms with Gasteiger partial charge in [0.2, 0.25) is 0 Å². The summed E-state index contributed by atoms with van der Waals surface area (Å²) < 4.78 is 11.9. The molecule has 3 N–H and O–H groups in total. The number of thiazole rings is 1. The van der Waals surface area contributed by atoms with Crippen LogP contribution < -0.4 is 5.32 Å². The molecule has 35 heavy (non-hydrogen) atoms. The summed E-state index contributed by atoms with van der Waals surface area (Å²) in [5.74, 6) is -1.59. The molecule has 2 aliphatic rings. The minimum Gasteiger partial charge on any atom is -0.458 e. The number of carbonyl (C=O) groups excluding carboxylic acids is 2. The predicted molar refractivity (Wildman–Crippen MR) is 135 cm³/mol. The van der Waals surface area contributed by atoms with Crippen molar-refractivity contribution in [2.45, 2.75) is 104 Å². The topological polar surface area (TPSA) is 121 Å². The lowest BCUT2D eigenvalue weighted by molar-refractivity contribution is -0.154. The number of hydrogen-bond acceptors (Lipinski definition) is 9. The molecule has 0 aromatic carbocycles. The number of aryl methyl sites for hydroxylation is 1. The third kappa shape index (κ3) is 6.57. The second-order valence-electron chi connectivity index (χ2n) is 10.9.